The number of aromatic nitrogens is 4. The Morgan fingerprint density at radius 2 is 1.50 bits per heavy atom. The fraction of sp³-hybridized carbons (Fsp3) is 0.0714. The number of para-hydroxylation sites is 1. The Morgan fingerprint density at radius 1 is 0.806 bits per heavy atom. The fourth-order valence-corrected chi connectivity index (χ4v) is 4.51. The van der Waals surface area contributed by atoms with Crippen LogP contribution in [-0.2, 0) is 11.3 Å². The van der Waals surface area contributed by atoms with Crippen LogP contribution in [0.3, 0.4) is 0 Å². The molecule has 0 spiro atoms. The van der Waals surface area contributed by atoms with Gasteiger partial charge in [0.25, 0.3) is 5.56 Å². The molecule has 0 fully saturated rings. The number of pyridine rings is 1. The van der Waals surface area contributed by atoms with Crippen molar-refractivity contribution in [1.82, 2.24) is 19.3 Å². The molecule has 1 N–H and O–H groups in total. The minimum Gasteiger partial charge on any atom is -0.325 e. The van der Waals surface area contributed by atoms with Gasteiger partial charge in [0.2, 0.25) is 5.91 Å². The lowest BCUT2D eigenvalue weighted by atomic mass is 10.2. The predicted octanol–water partition coefficient (Wildman–Crippen LogP) is 4.88. The monoisotopic (exact) mass is 493 g/mol. The molecular formula is C28H23N5O2S. The Hall–Kier alpha value is -4.43. The molecule has 0 atom stereocenters. The molecule has 5 rings (SSSR count). The van der Waals surface area contributed by atoms with E-state index >= 15 is 0 Å². The summed E-state index contributed by atoms with van der Waals surface area (Å²) >= 11 is 1.33. The van der Waals surface area contributed by atoms with E-state index in [1.807, 2.05) is 95.6 Å². The maximum atomic E-state index is 12.7. The van der Waals surface area contributed by atoms with Crippen molar-refractivity contribution in [1.29, 1.82) is 0 Å². The van der Waals surface area contributed by atoms with Crippen molar-refractivity contribution in [2.75, 3.05) is 11.1 Å². The van der Waals surface area contributed by atoms with Crippen molar-refractivity contribution < 1.29 is 4.79 Å². The zero-order chi connectivity index (χ0) is 24.7. The quantitative estimate of drug-likeness (QED) is 0.312. The van der Waals surface area contributed by atoms with Gasteiger partial charge in [0, 0.05) is 29.2 Å². The number of carbonyl (C=O) groups excluding carboxylic acids is 1. The highest BCUT2D eigenvalue weighted by molar-refractivity contribution is 7.99. The predicted molar refractivity (Wildman–Crippen MR) is 142 cm³/mol. The van der Waals surface area contributed by atoms with Crippen LogP contribution >= 0.6 is 11.8 Å². The average Bonchev–Trinajstić information content (AvgIpc) is 3.35. The maximum Gasteiger partial charge on any atom is 0.250 e. The van der Waals surface area contributed by atoms with Crippen molar-refractivity contribution in [3.8, 4) is 17.1 Å². The molecule has 0 radical (unpaired) electrons. The minimum absolute atomic E-state index is 0.0503. The number of nitrogens with one attached hydrogen (secondary N) is 1. The van der Waals surface area contributed by atoms with E-state index in [1.54, 1.807) is 16.8 Å². The summed E-state index contributed by atoms with van der Waals surface area (Å²) in [4.78, 5) is 24.6. The normalized spacial score (nSPS) is 10.8. The number of thioether (sulfide) groups is 1. The Kier molecular flexibility index (Phi) is 7.05. The van der Waals surface area contributed by atoms with E-state index in [1.165, 1.54) is 17.8 Å². The molecule has 2 aromatic heterocycles. The maximum absolute atomic E-state index is 12.7. The number of carbonyl (C=O) groups is 1. The lowest BCUT2D eigenvalue weighted by Crippen LogP contribution is -2.18. The molecule has 178 valence electrons. The smallest absolute Gasteiger partial charge is 0.250 e. The van der Waals surface area contributed by atoms with Crippen molar-refractivity contribution in [2.45, 2.75) is 11.7 Å². The summed E-state index contributed by atoms with van der Waals surface area (Å²) in [5, 5.41) is 12.4. The molecule has 7 nitrogen and oxygen atoms in total. The highest BCUT2D eigenvalue weighted by atomic mass is 32.2. The van der Waals surface area contributed by atoms with Gasteiger partial charge in [-0.15, -0.1) is 10.2 Å². The van der Waals surface area contributed by atoms with Crippen LogP contribution in [0.15, 0.2) is 119 Å². The molecule has 2 heterocycles. The van der Waals surface area contributed by atoms with E-state index in [4.69, 9.17) is 0 Å². The minimum atomic E-state index is -0.143. The Labute approximate surface area is 212 Å². The molecule has 0 saturated carbocycles. The molecule has 0 aliphatic carbocycles. The van der Waals surface area contributed by atoms with Gasteiger partial charge in [0.15, 0.2) is 11.0 Å². The number of nitrogens with zero attached hydrogens (tertiary/aromatic N) is 4. The van der Waals surface area contributed by atoms with Gasteiger partial charge in [-0.3, -0.25) is 14.2 Å². The average molecular weight is 494 g/mol. The van der Waals surface area contributed by atoms with Crippen LogP contribution in [0, 0.1) is 0 Å². The van der Waals surface area contributed by atoms with E-state index in [0.29, 0.717) is 17.4 Å². The van der Waals surface area contributed by atoms with Crippen LogP contribution in [-0.4, -0.2) is 31.0 Å². The van der Waals surface area contributed by atoms with E-state index < -0.39 is 0 Å². The largest absolute Gasteiger partial charge is 0.325 e. The van der Waals surface area contributed by atoms with Gasteiger partial charge in [-0.2, -0.15) is 0 Å². The number of rotatable bonds is 8. The van der Waals surface area contributed by atoms with Gasteiger partial charge in [-0.05, 0) is 35.9 Å². The fourth-order valence-electron chi connectivity index (χ4n) is 3.76. The Balaban J connectivity index is 1.27. The molecular weight excluding hydrogens is 470 g/mol. The molecule has 0 saturated heterocycles. The van der Waals surface area contributed by atoms with Crippen LogP contribution in [0.1, 0.15) is 5.56 Å². The molecule has 36 heavy (non-hydrogen) atoms. The topological polar surface area (TPSA) is 81.8 Å². The zero-order valence-corrected chi connectivity index (χ0v) is 20.1. The first kappa shape index (κ1) is 23.3. The summed E-state index contributed by atoms with van der Waals surface area (Å²) in [6.07, 6.45) is 1.76. The third-order valence-corrected chi connectivity index (χ3v) is 6.43. The highest BCUT2D eigenvalue weighted by Crippen LogP contribution is 2.28. The SMILES string of the molecule is O=C(CSc1nnc(-c2ccccc2)n1-c1ccccc1)Nc1ccc(Cn2ccccc2=O)cc1. The zero-order valence-electron chi connectivity index (χ0n) is 19.3. The number of hydrogen-bond donors (Lipinski definition) is 1. The molecule has 0 aliphatic rings. The summed E-state index contributed by atoms with van der Waals surface area (Å²) in [6, 6.07) is 32.3. The molecule has 0 bridgehead atoms. The van der Waals surface area contributed by atoms with Gasteiger partial charge < -0.3 is 9.88 Å². The molecule has 5 aromatic rings. The van der Waals surface area contributed by atoms with Gasteiger partial charge in [-0.1, -0.05) is 78.5 Å². The summed E-state index contributed by atoms with van der Waals surface area (Å²) in [7, 11) is 0. The van der Waals surface area contributed by atoms with Gasteiger partial charge in [0.05, 0.1) is 12.3 Å². The van der Waals surface area contributed by atoms with Crippen LogP contribution in [0.4, 0.5) is 5.69 Å². The van der Waals surface area contributed by atoms with Crippen molar-refractivity contribution in [3.63, 3.8) is 0 Å². The first-order chi connectivity index (χ1) is 17.7. The van der Waals surface area contributed by atoms with Gasteiger partial charge in [-0.25, -0.2) is 0 Å². The van der Waals surface area contributed by atoms with E-state index in [2.05, 4.69) is 15.5 Å². The van der Waals surface area contributed by atoms with Crippen molar-refractivity contribution in [2.24, 2.45) is 0 Å². The van der Waals surface area contributed by atoms with Crippen LogP contribution in [0.2, 0.25) is 0 Å². The second kappa shape index (κ2) is 10.9. The second-order valence-electron chi connectivity index (χ2n) is 8.04. The number of hydrogen-bond acceptors (Lipinski definition) is 5. The van der Waals surface area contributed by atoms with E-state index in [-0.39, 0.29) is 17.2 Å². The third kappa shape index (κ3) is 5.45. The Morgan fingerprint density at radius 3 is 2.22 bits per heavy atom. The number of benzene rings is 3. The molecule has 0 unspecified atom stereocenters. The lowest BCUT2D eigenvalue weighted by Gasteiger charge is -2.11. The first-order valence-electron chi connectivity index (χ1n) is 11.4. The molecule has 8 heteroatoms. The number of amides is 1. The second-order valence-corrected chi connectivity index (χ2v) is 8.99. The third-order valence-electron chi connectivity index (χ3n) is 5.50. The highest BCUT2D eigenvalue weighted by Gasteiger charge is 2.17. The van der Waals surface area contributed by atoms with E-state index in [0.717, 1.165) is 22.6 Å². The van der Waals surface area contributed by atoms with Crippen LogP contribution in [0.25, 0.3) is 17.1 Å². The van der Waals surface area contributed by atoms with Crippen LogP contribution in [0.5, 0.6) is 0 Å². The standard InChI is InChI=1S/C28H23N5O2S/c34-25(29-23-16-14-21(15-17-23)19-32-18-8-7-13-26(32)35)20-36-28-31-30-27(22-9-3-1-4-10-22)33(28)24-11-5-2-6-12-24/h1-18H,19-20H2,(H,29,34). The first-order valence-corrected chi connectivity index (χ1v) is 12.4. The van der Waals surface area contributed by atoms with Crippen LogP contribution < -0.4 is 10.9 Å². The Bertz CT molecular complexity index is 1510. The summed E-state index contributed by atoms with van der Waals surface area (Å²) in [5.41, 5.74) is 3.49. The molecule has 1 amide bonds. The molecule has 0 aliphatic heterocycles. The lowest BCUT2D eigenvalue weighted by molar-refractivity contribution is -0.113. The summed E-state index contributed by atoms with van der Waals surface area (Å²) < 4.78 is 3.60. The van der Waals surface area contributed by atoms with E-state index in [9.17, 15) is 9.59 Å². The number of anilines is 1. The van der Waals surface area contributed by atoms with Gasteiger partial charge >= 0.3 is 0 Å². The van der Waals surface area contributed by atoms with Crippen molar-refractivity contribution >= 4 is 23.4 Å². The van der Waals surface area contributed by atoms with Crippen molar-refractivity contribution in [3.05, 3.63) is 125 Å². The summed E-state index contributed by atoms with van der Waals surface area (Å²) in [5.74, 6) is 0.759. The molecule has 3 aromatic carbocycles. The van der Waals surface area contributed by atoms with Gasteiger partial charge in [0.1, 0.15) is 0 Å². The summed E-state index contributed by atoms with van der Waals surface area (Å²) in [6.45, 7) is 0.475.